The summed E-state index contributed by atoms with van der Waals surface area (Å²) in [6.45, 7) is 5.05. The second-order valence-corrected chi connectivity index (χ2v) is 6.66. The highest BCUT2D eigenvalue weighted by atomic mass is 79.9. The predicted molar refractivity (Wildman–Crippen MR) is 82.8 cm³/mol. The lowest BCUT2D eigenvalue weighted by molar-refractivity contribution is -0.167. The number of ether oxygens (including phenoxy) is 1. The number of aliphatic carboxylic acids is 1. The molecule has 2 atom stereocenters. The number of hydrogen-bond acceptors (Lipinski definition) is 4. The van der Waals surface area contributed by atoms with Crippen molar-refractivity contribution in [2.24, 2.45) is 11.7 Å². The zero-order chi connectivity index (χ0) is 16.2. The van der Waals surface area contributed by atoms with Gasteiger partial charge < -0.3 is 15.6 Å². The first-order valence-corrected chi connectivity index (χ1v) is 7.36. The maximum Gasteiger partial charge on any atom is 0.322 e. The summed E-state index contributed by atoms with van der Waals surface area (Å²) in [6.07, 6.45) is 0.262. The highest BCUT2D eigenvalue weighted by Crippen LogP contribution is 2.21. The van der Waals surface area contributed by atoms with Crippen LogP contribution in [0.1, 0.15) is 26.3 Å². The molecule has 0 aromatic heterocycles. The molecule has 0 bridgehead atoms. The van der Waals surface area contributed by atoms with E-state index >= 15 is 0 Å². The van der Waals surface area contributed by atoms with E-state index in [0.717, 1.165) is 10.0 Å². The monoisotopic (exact) mass is 357 g/mol. The van der Waals surface area contributed by atoms with Gasteiger partial charge in [0.1, 0.15) is 5.60 Å². The zero-order valence-corrected chi connectivity index (χ0v) is 13.9. The van der Waals surface area contributed by atoms with E-state index < -0.39 is 29.5 Å². The summed E-state index contributed by atoms with van der Waals surface area (Å²) in [6, 6.07) is 6.48. The van der Waals surface area contributed by atoms with Crippen molar-refractivity contribution < 1.29 is 19.4 Å². The van der Waals surface area contributed by atoms with Crippen LogP contribution < -0.4 is 5.73 Å². The van der Waals surface area contributed by atoms with E-state index in [2.05, 4.69) is 15.9 Å². The second kappa shape index (κ2) is 7.04. The fourth-order valence-electron chi connectivity index (χ4n) is 1.86. The molecule has 116 valence electrons. The van der Waals surface area contributed by atoms with Crippen LogP contribution in [0.4, 0.5) is 0 Å². The fourth-order valence-corrected chi connectivity index (χ4v) is 2.31. The molecule has 21 heavy (non-hydrogen) atoms. The number of carbonyl (C=O) groups is 2. The Kier molecular flexibility index (Phi) is 5.92. The van der Waals surface area contributed by atoms with E-state index in [-0.39, 0.29) is 6.42 Å². The molecule has 3 N–H and O–H groups in total. The SMILES string of the molecule is CC(C)(C)OC(=O)[C@H](C(=O)O)C(N)Cc1ccccc1Br. The van der Waals surface area contributed by atoms with Crippen molar-refractivity contribution in [3.05, 3.63) is 34.3 Å². The van der Waals surface area contributed by atoms with Gasteiger partial charge in [0.2, 0.25) is 0 Å². The zero-order valence-electron chi connectivity index (χ0n) is 12.3. The molecular formula is C15H20BrNO4. The van der Waals surface area contributed by atoms with E-state index in [1.54, 1.807) is 20.8 Å². The first-order chi connectivity index (χ1) is 9.61. The minimum atomic E-state index is -1.39. The number of carbonyl (C=O) groups excluding carboxylic acids is 1. The van der Waals surface area contributed by atoms with Crippen molar-refractivity contribution in [2.75, 3.05) is 0 Å². The molecule has 0 saturated heterocycles. The molecule has 0 saturated carbocycles. The fraction of sp³-hybridized carbons (Fsp3) is 0.467. The largest absolute Gasteiger partial charge is 0.481 e. The van der Waals surface area contributed by atoms with Crippen LogP contribution >= 0.6 is 15.9 Å². The smallest absolute Gasteiger partial charge is 0.322 e. The minimum absolute atomic E-state index is 0.262. The van der Waals surface area contributed by atoms with Gasteiger partial charge in [0.15, 0.2) is 5.92 Å². The minimum Gasteiger partial charge on any atom is -0.481 e. The van der Waals surface area contributed by atoms with E-state index in [9.17, 15) is 14.7 Å². The van der Waals surface area contributed by atoms with Crippen molar-refractivity contribution in [3.8, 4) is 0 Å². The molecule has 0 radical (unpaired) electrons. The summed E-state index contributed by atoms with van der Waals surface area (Å²) >= 11 is 3.38. The van der Waals surface area contributed by atoms with E-state index in [1.807, 2.05) is 24.3 Å². The molecule has 1 unspecified atom stereocenters. The summed E-state index contributed by atoms with van der Waals surface area (Å²) in [4.78, 5) is 23.4. The lowest BCUT2D eigenvalue weighted by Crippen LogP contribution is -2.45. The third-order valence-corrected chi connectivity index (χ3v) is 3.54. The second-order valence-electron chi connectivity index (χ2n) is 5.81. The molecular weight excluding hydrogens is 338 g/mol. The van der Waals surface area contributed by atoms with Gasteiger partial charge in [0.05, 0.1) is 0 Å². The topological polar surface area (TPSA) is 89.6 Å². The maximum atomic E-state index is 12.0. The number of carboxylic acids is 1. The predicted octanol–water partition coefficient (Wildman–Crippen LogP) is 2.36. The Balaban J connectivity index is 2.88. The summed E-state index contributed by atoms with van der Waals surface area (Å²) < 4.78 is 5.97. The first-order valence-electron chi connectivity index (χ1n) is 6.56. The van der Waals surface area contributed by atoms with Gasteiger partial charge in [-0.3, -0.25) is 9.59 Å². The van der Waals surface area contributed by atoms with Gasteiger partial charge in [-0.05, 0) is 38.8 Å². The number of esters is 1. The summed E-state index contributed by atoms with van der Waals surface area (Å²) in [5.41, 5.74) is 6.03. The van der Waals surface area contributed by atoms with Gasteiger partial charge in [-0.1, -0.05) is 34.1 Å². The van der Waals surface area contributed by atoms with Crippen molar-refractivity contribution in [3.63, 3.8) is 0 Å². The average Bonchev–Trinajstić information content (AvgIpc) is 2.29. The summed E-state index contributed by atoms with van der Waals surface area (Å²) in [7, 11) is 0. The third-order valence-electron chi connectivity index (χ3n) is 2.77. The Hall–Kier alpha value is -1.40. The van der Waals surface area contributed by atoms with Crippen LogP contribution in [0.15, 0.2) is 28.7 Å². The number of benzene rings is 1. The van der Waals surface area contributed by atoms with Crippen LogP contribution in [-0.4, -0.2) is 28.7 Å². The van der Waals surface area contributed by atoms with Crippen molar-refractivity contribution >= 4 is 27.9 Å². The van der Waals surface area contributed by atoms with Crippen molar-refractivity contribution in [1.29, 1.82) is 0 Å². The Morgan fingerprint density at radius 3 is 2.38 bits per heavy atom. The summed E-state index contributed by atoms with van der Waals surface area (Å²) in [5, 5.41) is 9.27. The molecule has 1 aromatic carbocycles. The van der Waals surface area contributed by atoms with Gasteiger partial charge in [0.25, 0.3) is 0 Å². The highest BCUT2D eigenvalue weighted by molar-refractivity contribution is 9.10. The van der Waals surface area contributed by atoms with E-state index in [0.29, 0.717) is 0 Å². The van der Waals surface area contributed by atoms with Crippen LogP contribution in [0, 0.1) is 5.92 Å². The van der Waals surface area contributed by atoms with Gasteiger partial charge >= 0.3 is 11.9 Å². The van der Waals surface area contributed by atoms with Crippen molar-refractivity contribution in [1.82, 2.24) is 0 Å². The molecule has 0 aliphatic rings. The number of hydrogen-bond donors (Lipinski definition) is 2. The summed E-state index contributed by atoms with van der Waals surface area (Å²) in [5.74, 6) is -3.48. The normalized spacial score (nSPS) is 14.3. The third kappa shape index (κ3) is 5.47. The Bertz CT molecular complexity index is 525. The van der Waals surface area contributed by atoms with Crippen LogP contribution in [0.25, 0.3) is 0 Å². The number of carboxylic acid groups (broad SMARTS) is 1. The van der Waals surface area contributed by atoms with Gasteiger partial charge in [0, 0.05) is 10.5 Å². The average molecular weight is 358 g/mol. The number of nitrogens with two attached hydrogens (primary N) is 1. The number of halogens is 1. The van der Waals surface area contributed by atoms with Crippen LogP contribution in [0.5, 0.6) is 0 Å². The quantitative estimate of drug-likeness (QED) is 0.623. The van der Waals surface area contributed by atoms with Gasteiger partial charge in [-0.25, -0.2) is 0 Å². The molecule has 0 aliphatic carbocycles. The standard InChI is InChI=1S/C15H20BrNO4/c1-15(2,3)21-14(20)12(13(18)19)11(17)8-9-6-4-5-7-10(9)16/h4-7,11-12H,8,17H2,1-3H3,(H,18,19)/t11?,12-/m0/s1. The number of rotatable bonds is 5. The Morgan fingerprint density at radius 2 is 1.90 bits per heavy atom. The molecule has 0 aliphatic heterocycles. The molecule has 0 fully saturated rings. The van der Waals surface area contributed by atoms with E-state index in [4.69, 9.17) is 10.5 Å². The van der Waals surface area contributed by atoms with Crippen LogP contribution in [0.2, 0.25) is 0 Å². The van der Waals surface area contributed by atoms with Gasteiger partial charge in [-0.15, -0.1) is 0 Å². The van der Waals surface area contributed by atoms with Crippen LogP contribution in [-0.2, 0) is 20.7 Å². The molecule has 5 nitrogen and oxygen atoms in total. The molecule has 0 amide bonds. The van der Waals surface area contributed by atoms with E-state index in [1.165, 1.54) is 0 Å². The van der Waals surface area contributed by atoms with Crippen molar-refractivity contribution in [2.45, 2.75) is 38.8 Å². The molecule has 6 heteroatoms. The lowest BCUT2D eigenvalue weighted by atomic mass is 9.94. The molecule has 1 aromatic rings. The molecule has 0 spiro atoms. The maximum absolute atomic E-state index is 12.0. The molecule has 0 heterocycles. The Morgan fingerprint density at radius 1 is 1.33 bits per heavy atom. The lowest BCUT2D eigenvalue weighted by Gasteiger charge is -2.25. The molecule has 1 rings (SSSR count). The van der Waals surface area contributed by atoms with Crippen LogP contribution in [0.3, 0.4) is 0 Å². The highest BCUT2D eigenvalue weighted by Gasteiger charge is 2.36. The van der Waals surface area contributed by atoms with Gasteiger partial charge in [-0.2, -0.15) is 0 Å². The first kappa shape index (κ1) is 17.7. The Labute approximate surface area is 132 Å².